The lowest BCUT2D eigenvalue weighted by molar-refractivity contribution is 0.0428. The van der Waals surface area contributed by atoms with Gasteiger partial charge in [0.1, 0.15) is 5.75 Å². The Hall–Kier alpha value is -1.51. The van der Waals surface area contributed by atoms with Gasteiger partial charge in [-0.25, -0.2) is 4.79 Å². The first-order chi connectivity index (χ1) is 10.7. The number of benzene rings is 1. The van der Waals surface area contributed by atoms with Crippen molar-refractivity contribution in [2.75, 3.05) is 6.61 Å². The average molecular weight is 306 g/mol. The van der Waals surface area contributed by atoms with Gasteiger partial charge < -0.3 is 9.84 Å². The zero-order chi connectivity index (χ0) is 16.2. The fraction of sp³-hybridized carbons (Fsp3) is 0.632. The van der Waals surface area contributed by atoms with E-state index in [2.05, 4.69) is 13.8 Å². The van der Waals surface area contributed by atoms with Crippen LogP contribution in [0.25, 0.3) is 0 Å². The average Bonchev–Trinajstić information content (AvgIpc) is 2.54. The number of ether oxygens (including phenoxy) is 1. The van der Waals surface area contributed by atoms with Crippen LogP contribution in [0, 0.1) is 5.92 Å². The molecule has 3 heteroatoms. The molecule has 0 radical (unpaired) electrons. The summed E-state index contributed by atoms with van der Waals surface area (Å²) in [5, 5.41) is 9.22. The molecule has 0 aliphatic rings. The number of esters is 1. The molecule has 124 valence electrons. The summed E-state index contributed by atoms with van der Waals surface area (Å²) in [5.41, 5.74) is 0.493. The second-order valence-electron chi connectivity index (χ2n) is 5.98. The van der Waals surface area contributed by atoms with E-state index in [0.717, 1.165) is 12.8 Å². The summed E-state index contributed by atoms with van der Waals surface area (Å²) in [7, 11) is 0. The number of hydrogen-bond donors (Lipinski definition) is 1. The third-order valence-electron chi connectivity index (χ3n) is 4.10. The van der Waals surface area contributed by atoms with Crippen LogP contribution in [0.4, 0.5) is 0 Å². The zero-order valence-electron chi connectivity index (χ0n) is 14.0. The van der Waals surface area contributed by atoms with Gasteiger partial charge in [-0.1, -0.05) is 58.8 Å². The van der Waals surface area contributed by atoms with E-state index in [0.29, 0.717) is 18.1 Å². The van der Waals surface area contributed by atoms with E-state index < -0.39 is 0 Å². The number of carbonyl (C=O) groups is 1. The maximum atomic E-state index is 11.9. The SMILES string of the molecule is CCCCCCCCC(CC)COC(=O)c1ccc(O)cc1. The molecule has 1 atom stereocenters. The van der Waals surface area contributed by atoms with Crippen molar-refractivity contribution in [1.82, 2.24) is 0 Å². The monoisotopic (exact) mass is 306 g/mol. The molecule has 1 rings (SSSR count). The number of hydrogen-bond acceptors (Lipinski definition) is 3. The summed E-state index contributed by atoms with van der Waals surface area (Å²) >= 11 is 0. The van der Waals surface area contributed by atoms with E-state index in [1.807, 2.05) is 0 Å². The van der Waals surface area contributed by atoms with Gasteiger partial charge in [-0.05, 0) is 36.6 Å². The van der Waals surface area contributed by atoms with Crippen LogP contribution in [0.5, 0.6) is 5.75 Å². The predicted octanol–water partition coefficient (Wildman–Crippen LogP) is 5.33. The molecule has 0 spiro atoms. The van der Waals surface area contributed by atoms with Crippen molar-refractivity contribution in [3.05, 3.63) is 29.8 Å². The minimum Gasteiger partial charge on any atom is -0.508 e. The van der Waals surface area contributed by atoms with Crippen molar-refractivity contribution in [1.29, 1.82) is 0 Å². The van der Waals surface area contributed by atoms with Gasteiger partial charge in [-0.15, -0.1) is 0 Å². The first-order valence-electron chi connectivity index (χ1n) is 8.63. The van der Waals surface area contributed by atoms with Crippen molar-refractivity contribution < 1.29 is 14.6 Å². The molecule has 3 nitrogen and oxygen atoms in total. The normalized spacial score (nSPS) is 12.1. The molecule has 0 aliphatic carbocycles. The smallest absolute Gasteiger partial charge is 0.338 e. The number of phenols is 1. The van der Waals surface area contributed by atoms with Gasteiger partial charge in [0.05, 0.1) is 12.2 Å². The van der Waals surface area contributed by atoms with Gasteiger partial charge in [0.15, 0.2) is 0 Å². The van der Waals surface area contributed by atoms with Crippen LogP contribution in [0.3, 0.4) is 0 Å². The molecule has 1 aromatic carbocycles. The zero-order valence-corrected chi connectivity index (χ0v) is 14.0. The van der Waals surface area contributed by atoms with Gasteiger partial charge in [0.25, 0.3) is 0 Å². The lowest BCUT2D eigenvalue weighted by atomic mass is 9.98. The molecule has 1 aromatic rings. The standard InChI is InChI=1S/C19H30O3/c1-3-5-6-7-8-9-10-16(4-2)15-22-19(21)17-11-13-18(20)14-12-17/h11-14,16,20H,3-10,15H2,1-2H3. The maximum Gasteiger partial charge on any atom is 0.338 e. The first kappa shape index (κ1) is 18.5. The third-order valence-corrected chi connectivity index (χ3v) is 4.10. The lowest BCUT2D eigenvalue weighted by Crippen LogP contribution is -2.14. The summed E-state index contributed by atoms with van der Waals surface area (Å²) in [4.78, 5) is 11.9. The van der Waals surface area contributed by atoms with Crippen molar-refractivity contribution in [2.24, 2.45) is 5.92 Å². The van der Waals surface area contributed by atoms with E-state index in [9.17, 15) is 9.90 Å². The Morgan fingerprint density at radius 1 is 1.05 bits per heavy atom. The van der Waals surface area contributed by atoms with E-state index in [1.165, 1.54) is 50.7 Å². The van der Waals surface area contributed by atoms with Gasteiger partial charge >= 0.3 is 5.97 Å². The fourth-order valence-corrected chi connectivity index (χ4v) is 2.49. The van der Waals surface area contributed by atoms with Crippen LogP contribution in [0.2, 0.25) is 0 Å². The largest absolute Gasteiger partial charge is 0.508 e. The summed E-state index contributed by atoms with van der Waals surface area (Å²) < 4.78 is 5.40. The Morgan fingerprint density at radius 2 is 1.68 bits per heavy atom. The predicted molar refractivity (Wildman–Crippen MR) is 90.2 cm³/mol. The fourth-order valence-electron chi connectivity index (χ4n) is 2.49. The van der Waals surface area contributed by atoms with E-state index in [1.54, 1.807) is 12.1 Å². The molecule has 0 aromatic heterocycles. The number of carbonyl (C=O) groups excluding carboxylic acids is 1. The minimum atomic E-state index is -0.304. The van der Waals surface area contributed by atoms with Crippen LogP contribution in [-0.2, 0) is 4.74 Å². The molecule has 0 amide bonds. The Kier molecular flexibility index (Phi) is 9.36. The molecule has 0 saturated heterocycles. The highest BCUT2D eigenvalue weighted by Gasteiger charge is 2.12. The Morgan fingerprint density at radius 3 is 2.32 bits per heavy atom. The van der Waals surface area contributed by atoms with Crippen molar-refractivity contribution in [2.45, 2.75) is 65.2 Å². The number of phenolic OH excluding ortho intramolecular Hbond substituents is 1. The second kappa shape index (κ2) is 11.1. The number of aromatic hydroxyl groups is 1. The Labute approximate surface area is 134 Å². The van der Waals surface area contributed by atoms with E-state index in [4.69, 9.17) is 4.74 Å². The van der Waals surface area contributed by atoms with E-state index in [-0.39, 0.29) is 11.7 Å². The van der Waals surface area contributed by atoms with Crippen LogP contribution in [-0.4, -0.2) is 17.7 Å². The molecule has 1 unspecified atom stereocenters. The highest BCUT2D eigenvalue weighted by molar-refractivity contribution is 5.89. The summed E-state index contributed by atoms with van der Waals surface area (Å²) in [6.07, 6.45) is 9.94. The summed E-state index contributed by atoms with van der Waals surface area (Å²) in [6.45, 7) is 4.87. The molecule has 0 aliphatic heterocycles. The molecule has 22 heavy (non-hydrogen) atoms. The van der Waals surface area contributed by atoms with Gasteiger partial charge in [0, 0.05) is 0 Å². The van der Waals surface area contributed by atoms with Crippen LogP contribution >= 0.6 is 0 Å². The summed E-state index contributed by atoms with van der Waals surface area (Å²) in [6, 6.07) is 6.19. The molecule has 0 saturated carbocycles. The van der Waals surface area contributed by atoms with Gasteiger partial charge in [-0.3, -0.25) is 0 Å². The molecule has 0 fully saturated rings. The van der Waals surface area contributed by atoms with Crippen LogP contribution in [0.15, 0.2) is 24.3 Å². The number of rotatable bonds is 11. The molecular formula is C19H30O3. The number of unbranched alkanes of at least 4 members (excludes halogenated alkanes) is 5. The summed E-state index contributed by atoms with van der Waals surface area (Å²) in [5.74, 6) is 0.305. The van der Waals surface area contributed by atoms with Crippen LogP contribution < -0.4 is 0 Å². The Bertz CT molecular complexity index is 411. The molecule has 0 bridgehead atoms. The Balaban J connectivity index is 2.22. The quantitative estimate of drug-likeness (QED) is 0.444. The van der Waals surface area contributed by atoms with Crippen molar-refractivity contribution in [3.8, 4) is 5.75 Å². The second-order valence-corrected chi connectivity index (χ2v) is 5.98. The highest BCUT2D eigenvalue weighted by atomic mass is 16.5. The van der Waals surface area contributed by atoms with Gasteiger partial charge in [0.2, 0.25) is 0 Å². The van der Waals surface area contributed by atoms with E-state index >= 15 is 0 Å². The third kappa shape index (κ3) is 7.48. The molecule has 0 heterocycles. The van der Waals surface area contributed by atoms with Crippen molar-refractivity contribution >= 4 is 5.97 Å². The molecule has 1 N–H and O–H groups in total. The van der Waals surface area contributed by atoms with Crippen molar-refractivity contribution in [3.63, 3.8) is 0 Å². The minimum absolute atomic E-state index is 0.158. The highest BCUT2D eigenvalue weighted by Crippen LogP contribution is 2.17. The maximum absolute atomic E-state index is 11.9. The first-order valence-corrected chi connectivity index (χ1v) is 8.63. The van der Waals surface area contributed by atoms with Gasteiger partial charge in [-0.2, -0.15) is 0 Å². The molecular weight excluding hydrogens is 276 g/mol. The lowest BCUT2D eigenvalue weighted by Gasteiger charge is -2.15. The topological polar surface area (TPSA) is 46.5 Å². The van der Waals surface area contributed by atoms with Crippen LogP contribution in [0.1, 0.15) is 75.6 Å².